The van der Waals surface area contributed by atoms with Gasteiger partial charge in [-0.15, -0.1) is 0 Å². The molecule has 1 rings (SSSR count). The minimum Gasteiger partial charge on any atom is -0.384 e. The topological polar surface area (TPSA) is 71.1 Å². The average Bonchev–Trinajstić information content (AvgIpc) is 2.11. The SMILES string of the molecule is CS(=O)(=O)NCCNc1ccnc(Cl)c1. The highest BCUT2D eigenvalue weighted by Crippen LogP contribution is 2.10. The summed E-state index contributed by atoms with van der Waals surface area (Å²) < 4.78 is 23.8. The Morgan fingerprint density at radius 1 is 1.47 bits per heavy atom. The third kappa shape index (κ3) is 5.56. The van der Waals surface area contributed by atoms with Crippen molar-refractivity contribution in [2.75, 3.05) is 24.7 Å². The van der Waals surface area contributed by atoms with E-state index < -0.39 is 10.0 Å². The van der Waals surface area contributed by atoms with Gasteiger partial charge in [0.2, 0.25) is 10.0 Å². The number of anilines is 1. The van der Waals surface area contributed by atoms with Gasteiger partial charge in [-0.1, -0.05) is 11.6 Å². The number of hydrogen-bond acceptors (Lipinski definition) is 4. The van der Waals surface area contributed by atoms with Gasteiger partial charge in [-0.05, 0) is 12.1 Å². The minimum atomic E-state index is -3.12. The first-order valence-electron chi connectivity index (χ1n) is 4.27. The number of hydrogen-bond donors (Lipinski definition) is 2. The summed E-state index contributed by atoms with van der Waals surface area (Å²) in [6, 6.07) is 3.42. The minimum absolute atomic E-state index is 0.332. The highest BCUT2D eigenvalue weighted by atomic mass is 35.5. The van der Waals surface area contributed by atoms with Crippen molar-refractivity contribution in [3.8, 4) is 0 Å². The molecule has 0 saturated heterocycles. The summed E-state index contributed by atoms with van der Waals surface area (Å²) in [6.45, 7) is 0.826. The maximum Gasteiger partial charge on any atom is 0.208 e. The first-order chi connectivity index (χ1) is 6.97. The Labute approximate surface area is 93.9 Å². The highest BCUT2D eigenvalue weighted by Gasteiger charge is 1.98. The Balaban J connectivity index is 2.32. The van der Waals surface area contributed by atoms with E-state index in [4.69, 9.17) is 11.6 Å². The molecule has 0 aliphatic rings. The monoisotopic (exact) mass is 249 g/mol. The lowest BCUT2D eigenvalue weighted by Crippen LogP contribution is -2.27. The summed E-state index contributed by atoms with van der Waals surface area (Å²) in [5, 5.41) is 3.41. The molecule has 0 bridgehead atoms. The van der Waals surface area contributed by atoms with Gasteiger partial charge >= 0.3 is 0 Å². The fraction of sp³-hybridized carbons (Fsp3) is 0.375. The number of halogens is 1. The number of pyridine rings is 1. The van der Waals surface area contributed by atoms with Gasteiger partial charge in [0.05, 0.1) is 6.26 Å². The van der Waals surface area contributed by atoms with Crippen LogP contribution in [-0.2, 0) is 10.0 Å². The van der Waals surface area contributed by atoms with Crippen LogP contribution < -0.4 is 10.0 Å². The molecule has 0 aromatic carbocycles. The van der Waals surface area contributed by atoms with Crippen molar-refractivity contribution in [1.82, 2.24) is 9.71 Å². The Morgan fingerprint density at radius 3 is 2.80 bits per heavy atom. The fourth-order valence-corrected chi connectivity index (χ4v) is 1.60. The molecular formula is C8H12ClN3O2S. The van der Waals surface area contributed by atoms with Crippen molar-refractivity contribution >= 4 is 27.3 Å². The summed E-state index contributed by atoms with van der Waals surface area (Å²) >= 11 is 5.67. The Kier molecular flexibility index (Phi) is 4.31. The molecule has 0 spiro atoms. The lowest BCUT2D eigenvalue weighted by atomic mass is 10.4. The number of rotatable bonds is 5. The number of sulfonamides is 1. The van der Waals surface area contributed by atoms with E-state index in [-0.39, 0.29) is 0 Å². The second-order valence-electron chi connectivity index (χ2n) is 2.96. The first kappa shape index (κ1) is 12.2. The van der Waals surface area contributed by atoms with Crippen LogP contribution in [0.3, 0.4) is 0 Å². The van der Waals surface area contributed by atoms with E-state index >= 15 is 0 Å². The molecule has 0 radical (unpaired) electrons. The van der Waals surface area contributed by atoms with Gasteiger partial charge in [-0.3, -0.25) is 0 Å². The van der Waals surface area contributed by atoms with Crippen LogP contribution in [0, 0.1) is 0 Å². The summed E-state index contributed by atoms with van der Waals surface area (Å²) in [4.78, 5) is 3.82. The normalized spacial score (nSPS) is 11.3. The van der Waals surface area contributed by atoms with Crippen LogP contribution in [0.2, 0.25) is 5.15 Å². The number of aromatic nitrogens is 1. The molecular weight excluding hydrogens is 238 g/mol. The van der Waals surface area contributed by atoms with Crippen molar-refractivity contribution in [2.24, 2.45) is 0 Å². The van der Waals surface area contributed by atoms with Crippen molar-refractivity contribution in [1.29, 1.82) is 0 Å². The van der Waals surface area contributed by atoms with E-state index in [0.717, 1.165) is 11.9 Å². The van der Waals surface area contributed by atoms with Crippen LogP contribution in [0.15, 0.2) is 18.3 Å². The average molecular weight is 250 g/mol. The lowest BCUT2D eigenvalue weighted by Gasteiger charge is -2.06. The van der Waals surface area contributed by atoms with Gasteiger partial charge in [0.15, 0.2) is 0 Å². The van der Waals surface area contributed by atoms with Crippen LogP contribution in [0.4, 0.5) is 5.69 Å². The van der Waals surface area contributed by atoms with Gasteiger partial charge in [-0.25, -0.2) is 18.1 Å². The lowest BCUT2D eigenvalue weighted by molar-refractivity contribution is 0.589. The number of nitrogens with zero attached hydrogens (tertiary/aromatic N) is 1. The molecule has 2 N–H and O–H groups in total. The Morgan fingerprint density at radius 2 is 2.20 bits per heavy atom. The van der Waals surface area contributed by atoms with Crippen LogP contribution >= 0.6 is 11.6 Å². The second-order valence-corrected chi connectivity index (χ2v) is 5.18. The van der Waals surface area contributed by atoms with Crippen molar-refractivity contribution in [3.05, 3.63) is 23.5 Å². The molecule has 0 amide bonds. The Hall–Kier alpha value is -0.850. The summed E-state index contributed by atoms with van der Waals surface area (Å²) in [5.41, 5.74) is 0.810. The molecule has 0 atom stereocenters. The largest absolute Gasteiger partial charge is 0.384 e. The van der Waals surface area contributed by atoms with Gasteiger partial charge in [0.1, 0.15) is 5.15 Å². The van der Waals surface area contributed by atoms with E-state index in [1.165, 1.54) is 0 Å². The fourth-order valence-electron chi connectivity index (χ4n) is 0.956. The van der Waals surface area contributed by atoms with Crippen molar-refractivity contribution in [3.63, 3.8) is 0 Å². The molecule has 0 unspecified atom stereocenters. The smallest absolute Gasteiger partial charge is 0.208 e. The molecule has 7 heteroatoms. The molecule has 84 valence electrons. The van der Waals surface area contributed by atoms with E-state index in [1.54, 1.807) is 18.3 Å². The molecule has 1 aromatic heterocycles. The van der Waals surface area contributed by atoms with Gasteiger partial charge in [0.25, 0.3) is 0 Å². The highest BCUT2D eigenvalue weighted by molar-refractivity contribution is 7.88. The summed E-state index contributed by atoms with van der Waals surface area (Å²) in [7, 11) is -3.12. The molecule has 1 heterocycles. The molecule has 0 aliphatic carbocycles. The standard InChI is InChI=1S/C8H12ClN3O2S/c1-15(13,14)12-5-4-10-7-2-3-11-8(9)6-7/h2-3,6,12H,4-5H2,1H3,(H,10,11). The van der Waals surface area contributed by atoms with Crippen molar-refractivity contribution < 1.29 is 8.42 Å². The quantitative estimate of drug-likeness (QED) is 0.595. The molecule has 5 nitrogen and oxygen atoms in total. The third-order valence-electron chi connectivity index (χ3n) is 1.54. The van der Waals surface area contributed by atoms with E-state index in [0.29, 0.717) is 18.2 Å². The number of nitrogens with one attached hydrogen (secondary N) is 2. The van der Waals surface area contributed by atoms with E-state index in [1.807, 2.05) is 0 Å². The van der Waals surface area contributed by atoms with Gasteiger partial charge in [-0.2, -0.15) is 0 Å². The van der Waals surface area contributed by atoms with Crippen LogP contribution in [0.25, 0.3) is 0 Å². The van der Waals surface area contributed by atoms with E-state index in [2.05, 4.69) is 15.0 Å². The first-order valence-corrected chi connectivity index (χ1v) is 6.54. The van der Waals surface area contributed by atoms with Gasteiger partial charge in [0, 0.05) is 25.0 Å². The molecule has 0 fully saturated rings. The van der Waals surface area contributed by atoms with Gasteiger partial charge < -0.3 is 5.32 Å². The zero-order valence-corrected chi connectivity index (χ0v) is 9.77. The van der Waals surface area contributed by atoms with Crippen LogP contribution in [0.5, 0.6) is 0 Å². The summed E-state index contributed by atoms with van der Waals surface area (Å²) in [5.74, 6) is 0. The Bertz CT molecular complexity index is 422. The predicted octanol–water partition coefficient (Wildman–Crippen LogP) is 0.696. The van der Waals surface area contributed by atoms with Crippen LogP contribution in [-0.4, -0.2) is 32.7 Å². The maximum atomic E-state index is 10.7. The zero-order chi connectivity index (χ0) is 11.3. The molecule has 15 heavy (non-hydrogen) atoms. The molecule has 0 saturated carbocycles. The zero-order valence-electron chi connectivity index (χ0n) is 8.20. The maximum absolute atomic E-state index is 10.7. The molecule has 1 aromatic rings. The third-order valence-corrected chi connectivity index (χ3v) is 2.48. The van der Waals surface area contributed by atoms with E-state index in [9.17, 15) is 8.42 Å². The summed E-state index contributed by atoms with van der Waals surface area (Å²) in [6.07, 6.45) is 2.70. The molecule has 0 aliphatic heterocycles. The van der Waals surface area contributed by atoms with Crippen LogP contribution in [0.1, 0.15) is 0 Å². The predicted molar refractivity (Wildman–Crippen MR) is 60.6 cm³/mol. The second kappa shape index (κ2) is 5.29. The van der Waals surface area contributed by atoms with Crippen molar-refractivity contribution in [2.45, 2.75) is 0 Å².